The van der Waals surface area contributed by atoms with Crippen molar-refractivity contribution in [1.29, 1.82) is 0 Å². The summed E-state index contributed by atoms with van der Waals surface area (Å²) in [4.78, 5) is 48.3. The van der Waals surface area contributed by atoms with E-state index in [0.29, 0.717) is 36.7 Å². The van der Waals surface area contributed by atoms with E-state index in [-0.39, 0.29) is 17.4 Å². The van der Waals surface area contributed by atoms with Crippen molar-refractivity contribution in [2.24, 2.45) is 0 Å². The molecule has 1 aromatic carbocycles. The fraction of sp³-hybridized carbons (Fsp3) is 0.529. The minimum absolute atomic E-state index is 0.0492. The number of piperidine rings is 2. The number of hydrogen-bond acceptors (Lipinski definition) is 7. The lowest BCUT2D eigenvalue weighted by molar-refractivity contribution is -0.119. The van der Waals surface area contributed by atoms with Gasteiger partial charge in [-0.15, -0.1) is 0 Å². The highest BCUT2D eigenvalue weighted by atomic mass is 32.1. The second kappa shape index (κ2) is 12.4. The van der Waals surface area contributed by atoms with Gasteiger partial charge in [-0.1, -0.05) is 27.2 Å². The lowest BCUT2D eigenvalue weighted by atomic mass is 9.90. The first-order chi connectivity index (χ1) is 20.9. The number of carbonyl (C=O) groups excluding carboxylic acids is 2. The fourth-order valence-corrected chi connectivity index (χ4v) is 7.69. The highest BCUT2D eigenvalue weighted by molar-refractivity contribution is 7.81. The molecule has 228 valence electrons. The number of pyridine rings is 2. The minimum atomic E-state index is -0.569. The quantitative estimate of drug-likeness (QED) is 0.292. The first kappa shape index (κ1) is 29.9. The van der Waals surface area contributed by atoms with Crippen LogP contribution in [0, 0.1) is 0 Å². The summed E-state index contributed by atoms with van der Waals surface area (Å²) in [5.41, 5.74) is 5.81. The molecule has 1 amide bonds. The zero-order valence-electron chi connectivity index (χ0n) is 25.5. The molecule has 0 bridgehead atoms. The summed E-state index contributed by atoms with van der Waals surface area (Å²) in [6, 6.07) is 8.13. The van der Waals surface area contributed by atoms with Crippen LogP contribution in [0.1, 0.15) is 86.8 Å². The maximum Gasteiger partial charge on any atom is 0.415 e. The molecule has 0 N–H and O–H groups in total. The number of hydrogen-bond donors (Lipinski definition) is 1. The van der Waals surface area contributed by atoms with Crippen LogP contribution in [0.3, 0.4) is 0 Å². The number of ether oxygens (including phenoxy) is 1. The number of carbonyl (C=O) groups is 2. The largest absolute Gasteiger partial charge is 0.415 e. The van der Waals surface area contributed by atoms with Crippen LogP contribution in [-0.4, -0.2) is 63.4 Å². The Morgan fingerprint density at radius 3 is 2.47 bits per heavy atom. The molecule has 1 atom stereocenters. The molecule has 2 aromatic heterocycles. The van der Waals surface area contributed by atoms with Gasteiger partial charge in [-0.2, -0.15) is 12.6 Å². The molecule has 9 heteroatoms. The number of amides is 1. The van der Waals surface area contributed by atoms with Crippen LogP contribution in [0.4, 0.5) is 4.79 Å². The van der Waals surface area contributed by atoms with Crippen molar-refractivity contribution >= 4 is 35.4 Å². The van der Waals surface area contributed by atoms with Gasteiger partial charge < -0.3 is 19.1 Å². The average molecular weight is 603 g/mol. The zero-order chi connectivity index (χ0) is 30.2. The van der Waals surface area contributed by atoms with Crippen LogP contribution in [0.15, 0.2) is 29.1 Å². The number of Topliss-reactive ketones (excluding diaryl/α,β-unsaturated/α-hetero) is 1. The molecule has 2 saturated heterocycles. The molecular formula is C34H42N4O4S. The van der Waals surface area contributed by atoms with Crippen molar-refractivity contribution in [2.45, 2.75) is 90.0 Å². The lowest BCUT2D eigenvalue weighted by Gasteiger charge is -2.39. The van der Waals surface area contributed by atoms with Crippen molar-refractivity contribution in [2.75, 3.05) is 26.2 Å². The van der Waals surface area contributed by atoms with Crippen LogP contribution >= 0.6 is 12.6 Å². The maximum atomic E-state index is 13.5. The van der Waals surface area contributed by atoms with Gasteiger partial charge in [0, 0.05) is 42.1 Å². The van der Waals surface area contributed by atoms with Gasteiger partial charge in [0.2, 0.25) is 0 Å². The number of thiol groups is 1. The summed E-state index contributed by atoms with van der Waals surface area (Å²) >= 11 is 4.53. The molecule has 43 heavy (non-hydrogen) atoms. The molecule has 7 rings (SSSR count). The highest BCUT2D eigenvalue weighted by Crippen LogP contribution is 2.40. The van der Waals surface area contributed by atoms with Gasteiger partial charge in [0.15, 0.2) is 0 Å². The molecular weight excluding hydrogens is 560 g/mol. The van der Waals surface area contributed by atoms with E-state index in [0.717, 1.165) is 71.3 Å². The average Bonchev–Trinajstić information content (AvgIpc) is 3.42. The standard InChI is InChI=1S/C32H36N4O4S.C2H6/c1-2-21-23-16-20(40-32(39)35-14-10-19(11-15-35)34-12-4-3-5-13-34)6-8-26(23)33-29-25(21)18-36-27(29)17-24-22(31(36)38)7-9-28(37)30(24)41;1-2/h6,8,16-17,19,30,41H,2-5,7,9-15,18H2,1H3;1-2H3. The first-order valence-electron chi connectivity index (χ1n) is 16.1. The molecule has 0 radical (unpaired) electrons. The second-order valence-corrected chi connectivity index (χ2v) is 12.4. The number of nitrogens with zero attached hydrogens (tertiary/aromatic N) is 4. The summed E-state index contributed by atoms with van der Waals surface area (Å²) in [6.45, 7) is 10.4. The molecule has 5 heterocycles. The Morgan fingerprint density at radius 2 is 1.74 bits per heavy atom. The number of aromatic nitrogens is 2. The molecule has 1 unspecified atom stereocenters. The van der Waals surface area contributed by atoms with E-state index in [1.54, 1.807) is 10.6 Å². The van der Waals surface area contributed by atoms with Gasteiger partial charge >= 0.3 is 6.09 Å². The van der Waals surface area contributed by atoms with E-state index in [2.05, 4.69) is 24.5 Å². The Bertz CT molecular complexity index is 1620. The van der Waals surface area contributed by atoms with Crippen molar-refractivity contribution in [1.82, 2.24) is 19.4 Å². The molecule has 0 spiro atoms. The number of aryl methyl sites for hydroxylation is 1. The van der Waals surface area contributed by atoms with Gasteiger partial charge in [-0.05, 0) is 87.0 Å². The summed E-state index contributed by atoms with van der Waals surface area (Å²) < 4.78 is 7.67. The molecule has 2 fully saturated rings. The molecule has 8 nitrogen and oxygen atoms in total. The highest BCUT2D eigenvalue weighted by Gasteiger charge is 2.33. The SMILES string of the molecule is CC.CCc1c2c(nc3ccc(OC(=O)N4CCC(N5CCCCC5)CC4)cc13)-c1cc3c(c(=O)n1C2)CCC(=O)C3S. The van der Waals surface area contributed by atoms with Crippen molar-refractivity contribution in [3.05, 3.63) is 56.9 Å². The van der Waals surface area contributed by atoms with Gasteiger partial charge in [0.25, 0.3) is 5.56 Å². The van der Waals surface area contributed by atoms with E-state index in [9.17, 15) is 14.4 Å². The van der Waals surface area contributed by atoms with Gasteiger partial charge in [-0.3, -0.25) is 9.59 Å². The number of benzene rings is 1. The van der Waals surface area contributed by atoms with Crippen molar-refractivity contribution < 1.29 is 14.3 Å². The maximum absolute atomic E-state index is 13.5. The van der Waals surface area contributed by atoms with Crippen molar-refractivity contribution in [3.8, 4) is 17.1 Å². The third-order valence-corrected chi connectivity index (χ3v) is 10.1. The smallest absolute Gasteiger partial charge is 0.410 e. The Labute approximate surface area is 258 Å². The topological polar surface area (TPSA) is 84.7 Å². The van der Waals surface area contributed by atoms with E-state index in [1.807, 2.05) is 36.9 Å². The van der Waals surface area contributed by atoms with E-state index in [1.165, 1.54) is 32.4 Å². The van der Waals surface area contributed by atoms with Crippen molar-refractivity contribution in [3.63, 3.8) is 0 Å². The van der Waals surface area contributed by atoms with Gasteiger partial charge in [0.05, 0.1) is 28.7 Å². The number of fused-ring (bicyclic) bond motifs is 5. The van der Waals surface area contributed by atoms with E-state index >= 15 is 0 Å². The Hall–Kier alpha value is -3.17. The molecule has 0 saturated carbocycles. The predicted octanol–water partition coefficient (Wildman–Crippen LogP) is 5.95. The van der Waals surface area contributed by atoms with Crippen LogP contribution in [0.5, 0.6) is 5.75 Å². The number of rotatable bonds is 3. The monoisotopic (exact) mass is 602 g/mol. The normalized spacial score (nSPS) is 20.2. The Balaban J connectivity index is 0.00000161. The van der Waals surface area contributed by atoms with Crippen LogP contribution < -0.4 is 10.3 Å². The molecule has 1 aliphatic carbocycles. The third kappa shape index (κ3) is 5.39. The molecule has 3 aromatic rings. The number of ketones is 1. The Morgan fingerprint density at radius 1 is 1.00 bits per heavy atom. The predicted molar refractivity (Wildman–Crippen MR) is 172 cm³/mol. The van der Waals surface area contributed by atoms with Gasteiger partial charge in [-0.25, -0.2) is 9.78 Å². The van der Waals surface area contributed by atoms with E-state index in [4.69, 9.17) is 9.72 Å². The van der Waals surface area contributed by atoms with Crippen LogP contribution in [-0.2, 0) is 24.2 Å². The summed E-state index contributed by atoms with van der Waals surface area (Å²) in [5, 5.41) is 0.369. The van der Waals surface area contributed by atoms with Crippen LogP contribution in [0.2, 0.25) is 0 Å². The summed E-state index contributed by atoms with van der Waals surface area (Å²) in [5.74, 6) is 0.564. The third-order valence-electron chi connectivity index (χ3n) is 9.58. The summed E-state index contributed by atoms with van der Waals surface area (Å²) in [6.07, 6.45) is 7.14. The zero-order valence-corrected chi connectivity index (χ0v) is 26.4. The van der Waals surface area contributed by atoms with Gasteiger partial charge in [0.1, 0.15) is 11.5 Å². The first-order valence-corrected chi connectivity index (χ1v) is 16.6. The summed E-state index contributed by atoms with van der Waals surface area (Å²) in [7, 11) is 0. The lowest BCUT2D eigenvalue weighted by Crippen LogP contribution is -2.48. The Kier molecular flexibility index (Phi) is 8.65. The second-order valence-electron chi connectivity index (χ2n) is 11.9. The molecule has 4 aliphatic rings. The fourth-order valence-electron chi connectivity index (χ4n) is 7.33. The number of likely N-dealkylation sites (tertiary alicyclic amines) is 2. The molecule has 3 aliphatic heterocycles. The van der Waals surface area contributed by atoms with Crippen LogP contribution in [0.25, 0.3) is 22.3 Å². The van der Waals surface area contributed by atoms with E-state index < -0.39 is 5.25 Å². The minimum Gasteiger partial charge on any atom is -0.410 e.